The summed E-state index contributed by atoms with van der Waals surface area (Å²) in [5.74, 6) is 0. The molecule has 3 nitrogen and oxygen atoms in total. The highest BCUT2D eigenvalue weighted by Gasteiger charge is 2.47. The molecule has 0 unspecified atom stereocenters. The van der Waals surface area contributed by atoms with Crippen molar-refractivity contribution in [1.29, 1.82) is 0 Å². The van der Waals surface area contributed by atoms with Crippen molar-refractivity contribution in [2.75, 3.05) is 14.7 Å². The lowest BCUT2D eigenvalue weighted by Crippen LogP contribution is -2.62. The van der Waals surface area contributed by atoms with Crippen LogP contribution in [0.5, 0.6) is 0 Å². The van der Waals surface area contributed by atoms with E-state index in [1.165, 1.54) is 58.9 Å². The van der Waals surface area contributed by atoms with Crippen LogP contribution in [0.15, 0.2) is 158 Å². The number of thiophene rings is 1. The van der Waals surface area contributed by atoms with Crippen LogP contribution < -0.4 is 31.1 Å². The van der Waals surface area contributed by atoms with Gasteiger partial charge in [-0.1, -0.05) is 149 Å². The molecule has 13 rings (SSSR count). The first-order chi connectivity index (χ1) is 36.4. The highest BCUT2D eigenvalue weighted by atomic mass is 32.1. The monoisotopic (exact) mass is 987 g/mol. The maximum absolute atomic E-state index is 9.37. The zero-order valence-corrected chi connectivity index (χ0v) is 46.0. The minimum Gasteiger partial charge on any atom is -0.311 e. The summed E-state index contributed by atoms with van der Waals surface area (Å²) in [7, 11) is 0. The molecule has 74 heavy (non-hydrogen) atoms. The number of aryl methyl sites for hydroxylation is 1. The fraction of sp³-hybridized carbons (Fsp3) is 0.304. The quantitative estimate of drug-likeness (QED) is 0.159. The van der Waals surface area contributed by atoms with Gasteiger partial charge in [0, 0.05) is 75.5 Å². The Labute approximate surface area is 449 Å². The normalized spacial score (nSPS) is 18.4. The largest absolute Gasteiger partial charge is 0.311 e. The van der Waals surface area contributed by atoms with Crippen LogP contribution >= 0.6 is 11.3 Å². The van der Waals surface area contributed by atoms with Gasteiger partial charge < -0.3 is 14.7 Å². The molecule has 0 amide bonds. The molecule has 5 heteroatoms. The summed E-state index contributed by atoms with van der Waals surface area (Å²) >= 11 is 1.87. The van der Waals surface area contributed by atoms with Crippen molar-refractivity contribution in [3.63, 3.8) is 0 Å². The van der Waals surface area contributed by atoms with Gasteiger partial charge in [-0.2, -0.15) is 0 Å². The molecule has 8 aromatic carbocycles. The molecule has 0 saturated heterocycles. The lowest BCUT2D eigenvalue weighted by Gasteiger charge is -2.48. The second-order valence-corrected chi connectivity index (χ2v) is 26.8. The van der Waals surface area contributed by atoms with E-state index in [2.05, 4.69) is 236 Å². The summed E-state index contributed by atoms with van der Waals surface area (Å²) in [6.07, 6.45) is 4.40. The summed E-state index contributed by atoms with van der Waals surface area (Å²) < 4.78 is 30.6. The SMILES string of the molecule is [2H]C([2H])([2H])c1cc2c3c(c1)N(c1ccc4c(c1)C(C)(C)CCC4(C)C)c1cc4c(cc1B3c1ccc(N(c3ccccc3)c3ccccc3)cc1N2c1cc(C(C)(C)C)c2sc3ccccc3c2c1)C(C)(C)CCC4(C)C. The number of rotatable bonds is 5. The average Bonchev–Trinajstić information content (AvgIpc) is 3.77. The molecule has 9 aromatic rings. The molecule has 4 aliphatic rings. The van der Waals surface area contributed by atoms with Crippen LogP contribution in [0.2, 0.25) is 0 Å². The van der Waals surface area contributed by atoms with Crippen LogP contribution in [0.4, 0.5) is 51.2 Å². The summed E-state index contributed by atoms with van der Waals surface area (Å²) in [4.78, 5) is 7.28. The Morgan fingerprint density at radius 3 is 1.66 bits per heavy atom. The maximum atomic E-state index is 9.37. The van der Waals surface area contributed by atoms with Crippen LogP contribution in [0.3, 0.4) is 0 Å². The van der Waals surface area contributed by atoms with Crippen molar-refractivity contribution >= 4 is 106 Å². The summed E-state index contributed by atoms with van der Waals surface area (Å²) in [5.41, 5.74) is 19.6. The van der Waals surface area contributed by atoms with E-state index in [0.29, 0.717) is 5.56 Å². The predicted molar refractivity (Wildman–Crippen MR) is 322 cm³/mol. The van der Waals surface area contributed by atoms with Crippen molar-refractivity contribution in [1.82, 2.24) is 0 Å². The highest BCUT2D eigenvalue weighted by molar-refractivity contribution is 7.26. The molecule has 0 N–H and O–H groups in total. The number of hydrogen-bond acceptors (Lipinski definition) is 4. The summed E-state index contributed by atoms with van der Waals surface area (Å²) in [6.45, 7) is 23.6. The van der Waals surface area contributed by atoms with Crippen molar-refractivity contribution in [2.45, 2.75) is 136 Å². The second kappa shape index (κ2) is 16.2. The van der Waals surface area contributed by atoms with Gasteiger partial charge in [0.05, 0.1) is 0 Å². The lowest BCUT2D eigenvalue weighted by molar-refractivity contribution is 0.332. The topological polar surface area (TPSA) is 9.72 Å². The van der Waals surface area contributed by atoms with Gasteiger partial charge in [-0.3, -0.25) is 0 Å². The molecule has 0 fully saturated rings. The molecule has 0 atom stereocenters. The van der Waals surface area contributed by atoms with E-state index in [1.807, 2.05) is 23.5 Å². The van der Waals surface area contributed by atoms with Gasteiger partial charge in [0.25, 0.3) is 6.71 Å². The molecule has 2 aliphatic carbocycles. The number of benzene rings is 8. The first-order valence-corrected chi connectivity index (χ1v) is 27.9. The number of anilines is 9. The van der Waals surface area contributed by atoms with E-state index in [4.69, 9.17) is 0 Å². The van der Waals surface area contributed by atoms with Gasteiger partial charge in [-0.05, 0) is 194 Å². The number of hydrogen-bond donors (Lipinski definition) is 0. The predicted octanol–water partition coefficient (Wildman–Crippen LogP) is 17.9. The third-order valence-corrected chi connectivity index (χ3v) is 19.2. The van der Waals surface area contributed by atoms with Gasteiger partial charge in [-0.25, -0.2) is 0 Å². The van der Waals surface area contributed by atoms with E-state index in [-0.39, 0.29) is 33.8 Å². The molecular formula is C69H70BN3S. The van der Waals surface area contributed by atoms with Crippen molar-refractivity contribution in [2.24, 2.45) is 0 Å². The molecule has 0 bridgehead atoms. The van der Waals surface area contributed by atoms with Crippen LogP contribution in [-0.4, -0.2) is 6.71 Å². The third-order valence-electron chi connectivity index (χ3n) is 17.9. The Morgan fingerprint density at radius 2 is 1.04 bits per heavy atom. The van der Waals surface area contributed by atoms with E-state index in [0.717, 1.165) is 82.3 Å². The fourth-order valence-electron chi connectivity index (χ4n) is 13.6. The fourth-order valence-corrected chi connectivity index (χ4v) is 15.0. The minimum absolute atomic E-state index is 0.0315. The van der Waals surface area contributed by atoms with Gasteiger partial charge in [0.2, 0.25) is 0 Å². The van der Waals surface area contributed by atoms with Gasteiger partial charge in [-0.15, -0.1) is 11.3 Å². The van der Waals surface area contributed by atoms with Gasteiger partial charge in [0.1, 0.15) is 0 Å². The Morgan fingerprint density at radius 1 is 0.486 bits per heavy atom. The summed E-state index contributed by atoms with van der Waals surface area (Å²) in [5, 5.41) is 2.45. The standard InChI is InChI=1S/C69H70BN3S/c1-43-35-60-63-61(36-43)73(48-37-50-49-25-19-20-26-62(49)74-64(50)55(39-48)65(2,3)4)58-40-47(71(44-21-15-13-16-22-44)45-23-17-14-18-24-45)28-30-56(58)70(63)57-41-53-54(69(11,12)34-33-68(53,9)10)42-59(57)72(60)46-27-29-51-52(38-46)67(7,8)32-31-66(51,5)6/h13-30,35-42H,31-34H2,1-12H3/i1D3. The Kier molecular flexibility index (Phi) is 9.60. The Balaban J connectivity index is 1.18. The van der Waals surface area contributed by atoms with Gasteiger partial charge >= 0.3 is 0 Å². The first kappa shape index (κ1) is 43.8. The molecule has 0 saturated carbocycles. The number of fused-ring (bicyclic) bond motifs is 9. The molecule has 0 radical (unpaired) electrons. The van der Waals surface area contributed by atoms with E-state index < -0.39 is 6.85 Å². The van der Waals surface area contributed by atoms with E-state index >= 15 is 0 Å². The zero-order valence-electron chi connectivity index (χ0n) is 48.2. The van der Waals surface area contributed by atoms with Crippen LogP contribution in [-0.2, 0) is 27.1 Å². The molecular weight excluding hydrogens is 914 g/mol. The summed E-state index contributed by atoms with van der Waals surface area (Å²) in [6, 6.07) is 58.4. The van der Waals surface area contributed by atoms with Crippen molar-refractivity contribution in [3.8, 4) is 0 Å². The Hall–Kier alpha value is -6.56. The third kappa shape index (κ3) is 7.19. The zero-order chi connectivity index (χ0) is 53.9. The smallest absolute Gasteiger partial charge is 0.252 e. The molecule has 3 heterocycles. The maximum Gasteiger partial charge on any atom is 0.252 e. The lowest BCUT2D eigenvalue weighted by atomic mass is 9.33. The number of nitrogens with zero attached hydrogens (tertiary/aromatic N) is 3. The second-order valence-electron chi connectivity index (χ2n) is 25.7. The van der Waals surface area contributed by atoms with Crippen LogP contribution in [0.25, 0.3) is 20.2 Å². The van der Waals surface area contributed by atoms with Crippen LogP contribution in [0, 0.1) is 6.85 Å². The molecule has 0 spiro atoms. The molecule has 2 aliphatic heterocycles. The van der Waals surface area contributed by atoms with E-state index in [9.17, 15) is 4.11 Å². The van der Waals surface area contributed by atoms with Crippen molar-refractivity contribution < 1.29 is 4.11 Å². The molecule has 370 valence electrons. The van der Waals surface area contributed by atoms with Gasteiger partial charge in [0.15, 0.2) is 0 Å². The van der Waals surface area contributed by atoms with Crippen LogP contribution in [0.1, 0.15) is 139 Å². The molecule has 1 aromatic heterocycles. The minimum atomic E-state index is -2.41. The van der Waals surface area contributed by atoms with Crippen molar-refractivity contribution in [3.05, 3.63) is 191 Å². The Bertz CT molecular complexity index is 3840. The number of para-hydroxylation sites is 2. The average molecular weight is 987 g/mol. The van der Waals surface area contributed by atoms with E-state index in [1.54, 1.807) is 0 Å². The highest BCUT2D eigenvalue weighted by Crippen LogP contribution is 2.54. The first-order valence-electron chi connectivity index (χ1n) is 28.5.